The van der Waals surface area contributed by atoms with Gasteiger partial charge in [0.15, 0.2) is 0 Å². The molecule has 8 heteroatoms. The number of fused-ring (bicyclic) bond motifs is 1. The van der Waals surface area contributed by atoms with E-state index in [1.54, 1.807) is 18.4 Å². The number of imide groups is 1. The van der Waals surface area contributed by atoms with Gasteiger partial charge >= 0.3 is 6.03 Å². The molecule has 2 aromatic heterocycles. The molecule has 0 spiro atoms. The van der Waals surface area contributed by atoms with E-state index in [4.69, 9.17) is 0 Å². The van der Waals surface area contributed by atoms with E-state index in [0.29, 0.717) is 13.0 Å². The van der Waals surface area contributed by atoms with Gasteiger partial charge in [-0.15, -0.1) is 0 Å². The van der Waals surface area contributed by atoms with Crippen LogP contribution in [0.4, 0.5) is 4.79 Å². The highest BCUT2D eigenvalue weighted by Gasteiger charge is 2.39. The molecule has 4 rings (SSSR count). The molecule has 3 aromatic rings. The van der Waals surface area contributed by atoms with Crippen LogP contribution in [0.25, 0.3) is 10.9 Å². The Morgan fingerprint density at radius 3 is 2.86 bits per heavy atom. The van der Waals surface area contributed by atoms with Crippen LogP contribution in [0.5, 0.6) is 0 Å². The quantitative estimate of drug-likeness (QED) is 0.627. The zero-order valence-electron chi connectivity index (χ0n) is 15.3. The van der Waals surface area contributed by atoms with Crippen LogP contribution in [0.3, 0.4) is 0 Å². The predicted molar refractivity (Wildman–Crippen MR) is 107 cm³/mol. The Kier molecular flexibility index (Phi) is 4.87. The van der Waals surface area contributed by atoms with E-state index in [1.807, 2.05) is 47.3 Å². The number of H-pyrrole nitrogens is 1. The summed E-state index contributed by atoms with van der Waals surface area (Å²) < 4.78 is 0. The van der Waals surface area contributed by atoms with E-state index in [9.17, 15) is 14.4 Å². The van der Waals surface area contributed by atoms with Crippen molar-refractivity contribution in [2.75, 3.05) is 13.6 Å². The van der Waals surface area contributed by atoms with Gasteiger partial charge in [0.05, 0.1) is 0 Å². The second-order valence-electron chi connectivity index (χ2n) is 6.87. The van der Waals surface area contributed by atoms with Gasteiger partial charge in [-0.05, 0) is 34.0 Å². The molecular formula is C20H20N4O3S. The average molecular weight is 396 g/mol. The van der Waals surface area contributed by atoms with Crippen LogP contribution >= 0.6 is 11.3 Å². The van der Waals surface area contributed by atoms with E-state index in [0.717, 1.165) is 26.9 Å². The highest BCUT2D eigenvalue weighted by atomic mass is 32.1. The van der Waals surface area contributed by atoms with Crippen LogP contribution in [0.15, 0.2) is 47.3 Å². The molecule has 0 bridgehead atoms. The summed E-state index contributed by atoms with van der Waals surface area (Å²) in [5, 5.41) is 7.64. The van der Waals surface area contributed by atoms with Crippen LogP contribution in [0.1, 0.15) is 11.1 Å². The molecule has 1 fully saturated rings. The summed E-state index contributed by atoms with van der Waals surface area (Å²) in [5.74, 6) is -0.644. The topological polar surface area (TPSA) is 85.5 Å². The second-order valence-corrected chi connectivity index (χ2v) is 7.65. The molecule has 0 aliphatic carbocycles. The van der Waals surface area contributed by atoms with E-state index in [-0.39, 0.29) is 18.4 Å². The first-order valence-corrected chi connectivity index (χ1v) is 9.89. The van der Waals surface area contributed by atoms with Crippen molar-refractivity contribution in [2.45, 2.75) is 19.0 Å². The van der Waals surface area contributed by atoms with Crippen molar-refractivity contribution in [1.29, 1.82) is 0 Å². The minimum absolute atomic E-state index is 0.254. The van der Waals surface area contributed by atoms with Crippen molar-refractivity contribution >= 4 is 40.1 Å². The van der Waals surface area contributed by atoms with Gasteiger partial charge in [-0.25, -0.2) is 4.79 Å². The fraction of sp³-hybridized carbons (Fsp3) is 0.250. The van der Waals surface area contributed by atoms with Crippen LogP contribution in [0, 0.1) is 0 Å². The smallest absolute Gasteiger partial charge is 0.325 e. The monoisotopic (exact) mass is 396 g/mol. The van der Waals surface area contributed by atoms with Crippen molar-refractivity contribution in [2.24, 2.45) is 0 Å². The number of carbonyl (C=O) groups excluding carboxylic acids is 3. The normalized spacial score (nSPS) is 16.6. The summed E-state index contributed by atoms with van der Waals surface area (Å²) in [6.07, 6.45) is 2.23. The number of hydrogen-bond donors (Lipinski definition) is 2. The lowest BCUT2D eigenvalue weighted by Crippen LogP contribution is -2.41. The number of thiophene rings is 1. The molecule has 1 aliphatic heterocycles. The zero-order valence-corrected chi connectivity index (χ0v) is 16.2. The molecular weight excluding hydrogens is 376 g/mol. The zero-order chi connectivity index (χ0) is 19.7. The van der Waals surface area contributed by atoms with Gasteiger partial charge in [0.1, 0.15) is 12.6 Å². The standard InChI is InChI=1S/C20H20N4O3S/c1-23(10-13-6-7-28-12-13)18(25)11-24-19(26)17(22-20(24)27)8-14-9-21-16-5-3-2-4-15(14)16/h2-7,9,12,17,21H,8,10-11H2,1H3,(H,22,27)/t17-/m1/s1. The third kappa shape index (κ3) is 3.50. The Hall–Kier alpha value is -3.13. The maximum Gasteiger partial charge on any atom is 0.325 e. The van der Waals surface area contributed by atoms with Gasteiger partial charge in [0.2, 0.25) is 5.91 Å². The Labute approximate surface area is 165 Å². The highest BCUT2D eigenvalue weighted by molar-refractivity contribution is 7.07. The highest BCUT2D eigenvalue weighted by Crippen LogP contribution is 2.21. The SMILES string of the molecule is CN(Cc1ccsc1)C(=O)CN1C(=O)N[C@H](Cc2c[nH]c3ccccc23)C1=O. The molecule has 0 unspecified atom stereocenters. The third-order valence-corrected chi connectivity index (χ3v) is 5.66. The molecule has 1 atom stereocenters. The molecule has 0 saturated carbocycles. The van der Waals surface area contributed by atoms with E-state index in [1.165, 1.54) is 4.90 Å². The number of carbonyl (C=O) groups is 3. The number of aromatic amines is 1. The number of nitrogens with one attached hydrogen (secondary N) is 2. The fourth-order valence-corrected chi connectivity index (χ4v) is 4.05. The van der Waals surface area contributed by atoms with Gasteiger partial charge in [-0.2, -0.15) is 11.3 Å². The van der Waals surface area contributed by atoms with Crippen LogP contribution in [0.2, 0.25) is 0 Å². The van der Waals surface area contributed by atoms with Crippen molar-refractivity contribution in [3.8, 4) is 0 Å². The number of amides is 4. The van der Waals surface area contributed by atoms with E-state index in [2.05, 4.69) is 10.3 Å². The Morgan fingerprint density at radius 2 is 2.07 bits per heavy atom. The molecule has 1 aliphatic rings. The minimum Gasteiger partial charge on any atom is -0.361 e. The molecule has 2 N–H and O–H groups in total. The number of nitrogens with zero attached hydrogens (tertiary/aromatic N) is 2. The number of likely N-dealkylation sites (N-methyl/N-ethyl adjacent to an activating group) is 1. The van der Waals surface area contributed by atoms with Crippen LogP contribution in [-0.2, 0) is 22.6 Å². The van der Waals surface area contributed by atoms with E-state index >= 15 is 0 Å². The second kappa shape index (κ2) is 7.47. The molecule has 28 heavy (non-hydrogen) atoms. The first-order chi connectivity index (χ1) is 13.5. The number of para-hydroxylation sites is 1. The van der Waals surface area contributed by atoms with Gasteiger partial charge in [-0.1, -0.05) is 18.2 Å². The molecule has 1 saturated heterocycles. The fourth-order valence-electron chi connectivity index (χ4n) is 3.39. The molecule has 3 heterocycles. The number of urea groups is 1. The molecule has 7 nitrogen and oxygen atoms in total. The summed E-state index contributed by atoms with van der Waals surface area (Å²) in [6, 6.07) is 8.56. The third-order valence-electron chi connectivity index (χ3n) is 4.92. The van der Waals surface area contributed by atoms with Crippen molar-refractivity contribution in [3.63, 3.8) is 0 Å². The molecule has 0 radical (unpaired) electrons. The van der Waals surface area contributed by atoms with Crippen molar-refractivity contribution in [3.05, 3.63) is 58.4 Å². The molecule has 144 valence electrons. The van der Waals surface area contributed by atoms with Gasteiger partial charge in [0, 0.05) is 37.1 Å². The maximum atomic E-state index is 12.7. The average Bonchev–Trinajstić information content (AvgIpc) is 3.39. The summed E-state index contributed by atoms with van der Waals surface area (Å²) in [4.78, 5) is 43.2. The summed E-state index contributed by atoms with van der Waals surface area (Å²) >= 11 is 1.56. The number of benzene rings is 1. The summed E-state index contributed by atoms with van der Waals surface area (Å²) in [5.41, 5.74) is 2.96. The maximum absolute atomic E-state index is 12.7. The number of hydrogen-bond acceptors (Lipinski definition) is 4. The summed E-state index contributed by atoms with van der Waals surface area (Å²) in [7, 11) is 1.67. The van der Waals surface area contributed by atoms with Crippen LogP contribution < -0.4 is 5.32 Å². The van der Waals surface area contributed by atoms with E-state index < -0.39 is 12.1 Å². The van der Waals surface area contributed by atoms with Gasteiger partial charge in [-0.3, -0.25) is 14.5 Å². The summed E-state index contributed by atoms with van der Waals surface area (Å²) in [6.45, 7) is 0.195. The lowest BCUT2D eigenvalue weighted by Gasteiger charge is -2.19. The first kappa shape index (κ1) is 18.2. The van der Waals surface area contributed by atoms with Crippen molar-refractivity contribution < 1.29 is 14.4 Å². The van der Waals surface area contributed by atoms with Crippen molar-refractivity contribution in [1.82, 2.24) is 20.1 Å². The number of aromatic nitrogens is 1. The minimum atomic E-state index is -0.665. The van der Waals surface area contributed by atoms with Crippen LogP contribution in [-0.4, -0.2) is 52.3 Å². The lowest BCUT2D eigenvalue weighted by molar-refractivity contribution is -0.136. The molecule has 1 aromatic carbocycles. The lowest BCUT2D eigenvalue weighted by atomic mass is 10.1. The number of rotatable bonds is 6. The Morgan fingerprint density at radius 1 is 1.25 bits per heavy atom. The first-order valence-electron chi connectivity index (χ1n) is 8.95. The van der Waals surface area contributed by atoms with Gasteiger partial charge in [0.25, 0.3) is 5.91 Å². The largest absolute Gasteiger partial charge is 0.361 e. The Balaban J connectivity index is 1.41. The predicted octanol–water partition coefficient (Wildman–Crippen LogP) is 2.35. The van der Waals surface area contributed by atoms with Gasteiger partial charge < -0.3 is 15.2 Å². The Bertz CT molecular complexity index is 1030. The molecule has 4 amide bonds.